The van der Waals surface area contributed by atoms with Crippen LogP contribution in [-0.2, 0) is 6.54 Å². The van der Waals surface area contributed by atoms with Crippen molar-refractivity contribution < 1.29 is 4.42 Å². The SMILES string of the molecule is CC1CN(Cc2ccc(-c3ccccc3)o2)CCN1.Cl. The van der Waals surface area contributed by atoms with Gasteiger partial charge in [-0.15, -0.1) is 12.4 Å². The van der Waals surface area contributed by atoms with Crippen molar-refractivity contribution >= 4 is 12.4 Å². The molecule has 1 aromatic heterocycles. The average Bonchev–Trinajstić information content (AvgIpc) is 2.88. The number of hydrogen-bond acceptors (Lipinski definition) is 3. The number of furan rings is 1. The molecule has 3 nitrogen and oxygen atoms in total. The van der Waals surface area contributed by atoms with Crippen LogP contribution in [0.25, 0.3) is 11.3 Å². The molecular formula is C16H21ClN2O. The summed E-state index contributed by atoms with van der Waals surface area (Å²) in [6.07, 6.45) is 0. The van der Waals surface area contributed by atoms with Crippen LogP contribution in [0.4, 0.5) is 0 Å². The predicted molar refractivity (Wildman–Crippen MR) is 84.1 cm³/mol. The fraction of sp³-hybridized carbons (Fsp3) is 0.375. The predicted octanol–water partition coefficient (Wildman–Crippen LogP) is 3.16. The van der Waals surface area contributed by atoms with Crippen molar-refractivity contribution in [3.63, 3.8) is 0 Å². The van der Waals surface area contributed by atoms with E-state index in [1.165, 1.54) is 0 Å². The van der Waals surface area contributed by atoms with E-state index < -0.39 is 0 Å². The number of benzene rings is 1. The van der Waals surface area contributed by atoms with Crippen LogP contribution in [0.1, 0.15) is 12.7 Å². The van der Waals surface area contributed by atoms with E-state index in [0.29, 0.717) is 6.04 Å². The van der Waals surface area contributed by atoms with E-state index >= 15 is 0 Å². The van der Waals surface area contributed by atoms with Crippen molar-refractivity contribution in [3.05, 3.63) is 48.2 Å². The van der Waals surface area contributed by atoms with Gasteiger partial charge in [0.25, 0.3) is 0 Å². The minimum Gasteiger partial charge on any atom is -0.460 e. The van der Waals surface area contributed by atoms with Gasteiger partial charge in [-0.1, -0.05) is 30.3 Å². The lowest BCUT2D eigenvalue weighted by Crippen LogP contribution is -2.48. The minimum absolute atomic E-state index is 0. The minimum atomic E-state index is 0. The molecule has 1 aliphatic rings. The molecule has 4 heteroatoms. The summed E-state index contributed by atoms with van der Waals surface area (Å²) in [4.78, 5) is 2.44. The van der Waals surface area contributed by atoms with Crippen LogP contribution in [0.5, 0.6) is 0 Å². The van der Waals surface area contributed by atoms with Crippen LogP contribution in [0.3, 0.4) is 0 Å². The molecule has 1 fully saturated rings. The molecule has 1 aliphatic heterocycles. The van der Waals surface area contributed by atoms with Crippen molar-refractivity contribution in [1.29, 1.82) is 0 Å². The van der Waals surface area contributed by atoms with E-state index in [1.54, 1.807) is 0 Å². The first-order valence-corrected chi connectivity index (χ1v) is 6.91. The van der Waals surface area contributed by atoms with Crippen molar-refractivity contribution in [2.24, 2.45) is 0 Å². The van der Waals surface area contributed by atoms with Gasteiger partial charge in [0.15, 0.2) is 0 Å². The second-order valence-corrected chi connectivity index (χ2v) is 5.22. The summed E-state index contributed by atoms with van der Waals surface area (Å²) in [7, 11) is 0. The molecule has 1 saturated heterocycles. The molecule has 2 aromatic rings. The Kier molecular flexibility index (Phi) is 5.24. The standard InChI is InChI=1S/C16H20N2O.ClH/c1-13-11-18(10-9-17-13)12-15-7-8-16(19-15)14-5-3-2-4-6-14;/h2-8,13,17H,9-12H2,1H3;1H. The Morgan fingerprint density at radius 1 is 1.20 bits per heavy atom. The molecule has 108 valence electrons. The summed E-state index contributed by atoms with van der Waals surface area (Å²) in [5.74, 6) is 2.01. The van der Waals surface area contributed by atoms with E-state index in [1.807, 2.05) is 18.2 Å². The van der Waals surface area contributed by atoms with Crippen molar-refractivity contribution in [1.82, 2.24) is 10.2 Å². The highest BCUT2D eigenvalue weighted by Gasteiger charge is 2.16. The smallest absolute Gasteiger partial charge is 0.134 e. The van der Waals surface area contributed by atoms with Gasteiger partial charge in [-0.3, -0.25) is 4.90 Å². The van der Waals surface area contributed by atoms with E-state index in [2.05, 4.69) is 41.4 Å². The molecular weight excluding hydrogens is 272 g/mol. The van der Waals surface area contributed by atoms with Crippen LogP contribution in [0, 0.1) is 0 Å². The first-order valence-electron chi connectivity index (χ1n) is 6.91. The van der Waals surface area contributed by atoms with Gasteiger partial charge in [0.05, 0.1) is 6.54 Å². The third-order valence-corrected chi connectivity index (χ3v) is 3.55. The van der Waals surface area contributed by atoms with Crippen LogP contribution >= 0.6 is 12.4 Å². The normalized spacial score (nSPS) is 19.6. The Balaban J connectivity index is 0.00000147. The Bertz CT molecular complexity index is 526. The highest BCUT2D eigenvalue weighted by Crippen LogP contribution is 2.22. The monoisotopic (exact) mass is 292 g/mol. The maximum absolute atomic E-state index is 5.95. The second-order valence-electron chi connectivity index (χ2n) is 5.22. The van der Waals surface area contributed by atoms with E-state index in [9.17, 15) is 0 Å². The highest BCUT2D eigenvalue weighted by atomic mass is 35.5. The number of hydrogen-bond donors (Lipinski definition) is 1. The quantitative estimate of drug-likeness (QED) is 0.942. The first-order chi connectivity index (χ1) is 9.31. The molecule has 3 rings (SSSR count). The van der Waals surface area contributed by atoms with Gasteiger partial charge in [0.2, 0.25) is 0 Å². The summed E-state index contributed by atoms with van der Waals surface area (Å²) in [5, 5.41) is 3.46. The Morgan fingerprint density at radius 3 is 2.75 bits per heavy atom. The number of nitrogens with one attached hydrogen (secondary N) is 1. The molecule has 0 aliphatic carbocycles. The van der Waals surface area contributed by atoms with E-state index in [0.717, 1.165) is 43.3 Å². The number of nitrogens with zero attached hydrogens (tertiary/aromatic N) is 1. The largest absolute Gasteiger partial charge is 0.460 e. The zero-order chi connectivity index (χ0) is 13.1. The van der Waals surface area contributed by atoms with E-state index in [4.69, 9.17) is 4.42 Å². The van der Waals surface area contributed by atoms with Gasteiger partial charge in [-0.25, -0.2) is 0 Å². The van der Waals surface area contributed by atoms with Gasteiger partial charge >= 0.3 is 0 Å². The van der Waals surface area contributed by atoms with Crippen LogP contribution < -0.4 is 5.32 Å². The lowest BCUT2D eigenvalue weighted by atomic mass is 10.2. The number of halogens is 1. The molecule has 20 heavy (non-hydrogen) atoms. The topological polar surface area (TPSA) is 28.4 Å². The average molecular weight is 293 g/mol. The Hall–Kier alpha value is -1.29. The maximum Gasteiger partial charge on any atom is 0.134 e. The summed E-state index contributed by atoms with van der Waals surface area (Å²) < 4.78 is 5.95. The van der Waals surface area contributed by atoms with Crippen LogP contribution in [-0.4, -0.2) is 30.6 Å². The van der Waals surface area contributed by atoms with Crippen LogP contribution in [0.15, 0.2) is 46.9 Å². The molecule has 0 spiro atoms. The molecule has 1 unspecified atom stereocenters. The number of rotatable bonds is 3. The zero-order valence-corrected chi connectivity index (χ0v) is 12.5. The molecule has 1 N–H and O–H groups in total. The van der Waals surface area contributed by atoms with Crippen LogP contribution in [0.2, 0.25) is 0 Å². The summed E-state index contributed by atoms with van der Waals surface area (Å²) in [5.41, 5.74) is 1.14. The van der Waals surface area contributed by atoms with Gasteiger partial charge in [0, 0.05) is 31.2 Å². The molecule has 0 radical (unpaired) electrons. The van der Waals surface area contributed by atoms with Crippen molar-refractivity contribution in [2.45, 2.75) is 19.5 Å². The molecule has 0 amide bonds. The maximum atomic E-state index is 5.95. The Morgan fingerprint density at radius 2 is 2.00 bits per heavy atom. The summed E-state index contributed by atoms with van der Waals surface area (Å²) >= 11 is 0. The van der Waals surface area contributed by atoms with Crippen molar-refractivity contribution in [3.8, 4) is 11.3 Å². The molecule has 0 bridgehead atoms. The zero-order valence-electron chi connectivity index (χ0n) is 11.7. The summed E-state index contributed by atoms with van der Waals surface area (Å²) in [6.45, 7) is 6.36. The van der Waals surface area contributed by atoms with E-state index in [-0.39, 0.29) is 12.4 Å². The fourth-order valence-corrected chi connectivity index (χ4v) is 2.60. The Labute approximate surface area is 126 Å². The molecule has 1 atom stereocenters. The molecule has 0 saturated carbocycles. The molecule has 2 heterocycles. The first kappa shape index (κ1) is 15.1. The third-order valence-electron chi connectivity index (χ3n) is 3.55. The van der Waals surface area contributed by atoms with Gasteiger partial charge in [-0.2, -0.15) is 0 Å². The lowest BCUT2D eigenvalue weighted by Gasteiger charge is -2.31. The van der Waals surface area contributed by atoms with Crippen molar-refractivity contribution in [2.75, 3.05) is 19.6 Å². The third kappa shape index (κ3) is 3.63. The van der Waals surface area contributed by atoms with Gasteiger partial charge in [0.1, 0.15) is 11.5 Å². The highest BCUT2D eigenvalue weighted by molar-refractivity contribution is 5.85. The molecule has 1 aromatic carbocycles. The second kappa shape index (κ2) is 6.93. The lowest BCUT2D eigenvalue weighted by molar-refractivity contribution is 0.187. The fourth-order valence-electron chi connectivity index (χ4n) is 2.60. The summed E-state index contributed by atoms with van der Waals surface area (Å²) in [6, 6.07) is 15.0. The number of piperazine rings is 1. The van der Waals surface area contributed by atoms with Gasteiger partial charge < -0.3 is 9.73 Å². The van der Waals surface area contributed by atoms with Gasteiger partial charge in [-0.05, 0) is 19.1 Å².